The van der Waals surface area contributed by atoms with Gasteiger partial charge in [-0.3, -0.25) is 0 Å². The van der Waals surface area contributed by atoms with E-state index in [0.717, 1.165) is 23.6 Å². The highest BCUT2D eigenvalue weighted by Gasteiger charge is 2.26. The first-order chi connectivity index (χ1) is 13.0. The molecule has 1 aliphatic rings. The standard InChI is InChI=1S/C20H27N3O4.HI/c1-4-21-19(22-14-20(2,24)18-6-5-9-27-18)23(3)13-15-7-8-16-17(12-15)26-11-10-25-16;/h5-9,12,24H,4,10-11,13-14H2,1-3H3,(H,21,22);1H. The van der Waals surface area contributed by atoms with Crippen molar-refractivity contribution in [1.82, 2.24) is 10.2 Å². The van der Waals surface area contributed by atoms with Crippen molar-refractivity contribution in [2.75, 3.05) is 33.4 Å². The molecular weight excluding hydrogens is 473 g/mol. The highest BCUT2D eigenvalue weighted by atomic mass is 127. The molecule has 0 aliphatic carbocycles. The zero-order valence-electron chi connectivity index (χ0n) is 16.5. The van der Waals surface area contributed by atoms with E-state index in [1.165, 1.54) is 0 Å². The number of guanidine groups is 1. The lowest BCUT2D eigenvalue weighted by Gasteiger charge is -2.25. The fourth-order valence-corrected chi connectivity index (χ4v) is 2.90. The average Bonchev–Trinajstić information content (AvgIpc) is 3.21. The molecule has 0 saturated heterocycles. The smallest absolute Gasteiger partial charge is 0.194 e. The summed E-state index contributed by atoms with van der Waals surface area (Å²) in [5, 5.41) is 13.9. The molecule has 2 aromatic rings. The largest absolute Gasteiger partial charge is 0.486 e. The Morgan fingerprint density at radius 2 is 2.00 bits per heavy atom. The second-order valence-electron chi connectivity index (χ2n) is 6.76. The molecule has 1 aromatic carbocycles. The maximum absolute atomic E-state index is 10.6. The first-order valence-corrected chi connectivity index (χ1v) is 9.14. The summed E-state index contributed by atoms with van der Waals surface area (Å²) in [4.78, 5) is 6.60. The lowest BCUT2D eigenvalue weighted by molar-refractivity contribution is 0.0435. The van der Waals surface area contributed by atoms with Crippen LogP contribution in [0.2, 0.25) is 0 Å². The monoisotopic (exact) mass is 501 g/mol. The molecule has 0 radical (unpaired) electrons. The van der Waals surface area contributed by atoms with Gasteiger partial charge in [0.15, 0.2) is 17.5 Å². The van der Waals surface area contributed by atoms with Crippen LogP contribution in [0.5, 0.6) is 11.5 Å². The maximum atomic E-state index is 10.6. The van der Waals surface area contributed by atoms with Gasteiger partial charge in [-0.25, -0.2) is 4.99 Å². The molecule has 7 nitrogen and oxygen atoms in total. The molecule has 0 spiro atoms. The van der Waals surface area contributed by atoms with E-state index >= 15 is 0 Å². The van der Waals surface area contributed by atoms with Crippen LogP contribution < -0.4 is 14.8 Å². The lowest BCUT2D eigenvalue weighted by Crippen LogP contribution is -2.39. The summed E-state index contributed by atoms with van der Waals surface area (Å²) in [7, 11) is 1.96. The summed E-state index contributed by atoms with van der Waals surface area (Å²) >= 11 is 0. The number of fused-ring (bicyclic) bond motifs is 1. The lowest BCUT2D eigenvalue weighted by atomic mass is 10.0. The number of rotatable bonds is 6. The Bertz CT molecular complexity index is 778. The topological polar surface area (TPSA) is 79.5 Å². The van der Waals surface area contributed by atoms with Gasteiger partial charge in [-0.15, -0.1) is 24.0 Å². The molecule has 2 N–H and O–H groups in total. The number of ether oxygens (including phenoxy) is 2. The molecule has 1 aromatic heterocycles. The van der Waals surface area contributed by atoms with Crippen molar-refractivity contribution in [2.24, 2.45) is 4.99 Å². The molecule has 1 atom stereocenters. The first-order valence-electron chi connectivity index (χ1n) is 9.14. The van der Waals surface area contributed by atoms with Gasteiger partial charge < -0.3 is 29.2 Å². The molecule has 0 amide bonds. The number of halogens is 1. The maximum Gasteiger partial charge on any atom is 0.194 e. The van der Waals surface area contributed by atoms with Crippen molar-refractivity contribution in [1.29, 1.82) is 0 Å². The number of nitrogens with zero attached hydrogens (tertiary/aromatic N) is 2. The Morgan fingerprint density at radius 3 is 2.68 bits per heavy atom. The number of aliphatic hydroxyl groups is 1. The van der Waals surface area contributed by atoms with Crippen molar-refractivity contribution in [3.63, 3.8) is 0 Å². The predicted octanol–water partition coefficient (Wildman–Crippen LogP) is 2.97. The van der Waals surface area contributed by atoms with Crippen LogP contribution in [0.25, 0.3) is 0 Å². The third-order valence-corrected chi connectivity index (χ3v) is 4.31. The summed E-state index contributed by atoms with van der Waals surface area (Å²) in [6.45, 7) is 6.42. The molecule has 0 fully saturated rings. The number of nitrogens with one attached hydrogen (secondary N) is 1. The van der Waals surface area contributed by atoms with Crippen LogP contribution in [0.15, 0.2) is 46.0 Å². The number of hydrogen-bond acceptors (Lipinski definition) is 5. The molecule has 28 heavy (non-hydrogen) atoms. The van der Waals surface area contributed by atoms with E-state index in [0.29, 0.717) is 31.5 Å². The summed E-state index contributed by atoms with van der Waals surface area (Å²) in [6.07, 6.45) is 1.55. The number of benzene rings is 1. The van der Waals surface area contributed by atoms with E-state index in [1.807, 2.05) is 37.1 Å². The van der Waals surface area contributed by atoms with E-state index in [2.05, 4.69) is 10.3 Å². The van der Waals surface area contributed by atoms with Crippen LogP contribution in [0.3, 0.4) is 0 Å². The zero-order chi connectivity index (χ0) is 19.3. The molecule has 0 bridgehead atoms. The number of hydrogen-bond donors (Lipinski definition) is 2. The predicted molar refractivity (Wildman–Crippen MR) is 119 cm³/mol. The number of aliphatic imine (C=N–C) groups is 1. The fraction of sp³-hybridized carbons (Fsp3) is 0.450. The van der Waals surface area contributed by atoms with E-state index in [9.17, 15) is 5.11 Å². The van der Waals surface area contributed by atoms with Crippen molar-refractivity contribution in [3.8, 4) is 11.5 Å². The molecule has 154 valence electrons. The van der Waals surface area contributed by atoms with Gasteiger partial charge in [0, 0.05) is 20.1 Å². The normalized spacial score (nSPS) is 15.4. The summed E-state index contributed by atoms with van der Waals surface area (Å²) in [5.74, 6) is 2.76. The van der Waals surface area contributed by atoms with Crippen LogP contribution >= 0.6 is 24.0 Å². The Labute approximate surface area is 182 Å². The first kappa shape index (κ1) is 22.4. The highest BCUT2D eigenvalue weighted by molar-refractivity contribution is 14.0. The molecule has 8 heteroatoms. The fourth-order valence-electron chi connectivity index (χ4n) is 2.90. The summed E-state index contributed by atoms with van der Waals surface area (Å²) in [5.41, 5.74) is -0.0766. The molecule has 1 unspecified atom stereocenters. The van der Waals surface area contributed by atoms with Crippen LogP contribution in [-0.4, -0.2) is 49.3 Å². The Balaban J connectivity index is 0.00000280. The quantitative estimate of drug-likeness (QED) is 0.360. The Hall–Kier alpha value is -1.94. The van der Waals surface area contributed by atoms with Gasteiger partial charge in [0.1, 0.15) is 24.6 Å². The summed E-state index contributed by atoms with van der Waals surface area (Å²) in [6, 6.07) is 9.46. The average molecular weight is 501 g/mol. The molecule has 1 aliphatic heterocycles. The minimum Gasteiger partial charge on any atom is -0.486 e. The van der Waals surface area contributed by atoms with Crippen molar-refractivity contribution >= 4 is 29.9 Å². The van der Waals surface area contributed by atoms with Crippen LogP contribution in [-0.2, 0) is 12.1 Å². The summed E-state index contributed by atoms with van der Waals surface area (Å²) < 4.78 is 16.5. The van der Waals surface area contributed by atoms with Gasteiger partial charge in [0.05, 0.1) is 12.8 Å². The number of furan rings is 1. The van der Waals surface area contributed by atoms with E-state index in [1.54, 1.807) is 25.3 Å². The van der Waals surface area contributed by atoms with Crippen molar-refractivity contribution in [2.45, 2.75) is 26.0 Å². The third-order valence-electron chi connectivity index (χ3n) is 4.31. The molecule has 0 saturated carbocycles. The Kier molecular flexibility index (Phi) is 7.99. The van der Waals surface area contributed by atoms with Gasteiger partial charge in [-0.1, -0.05) is 6.07 Å². The van der Waals surface area contributed by atoms with Gasteiger partial charge in [-0.05, 0) is 43.7 Å². The van der Waals surface area contributed by atoms with Crippen LogP contribution in [0, 0.1) is 0 Å². The zero-order valence-corrected chi connectivity index (χ0v) is 18.8. The van der Waals surface area contributed by atoms with E-state index in [4.69, 9.17) is 13.9 Å². The third kappa shape index (κ3) is 5.54. The van der Waals surface area contributed by atoms with Gasteiger partial charge in [0.2, 0.25) is 0 Å². The van der Waals surface area contributed by atoms with Crippen molar-refractivity contribution in [3.05, 3.63) is 47.9 Å². The Morgan fingerprint density at radius 1 is 1.25 bits per heavy atom. The van der Waals surface area contributed by atoms with Gasteiger partial charge in [0.25, 0.3) is 0 Å². The van der Waals surface area contributed by atoms with Crippen molar-refractivity contribution < 1.29 is 19.0 Å². The molecule has 3 rings (SSSR count). The molecular formula is C20H28IN3O4. The second kappa shape index (κ2) is 10.0. The van der Waals surface area contributed by atoms with Gasteiger partial charge >= 0.3 is 0 Å². The molecule has 2 heterocycles. The van der Waals surface area contributed by atoms with Crippen LogP contribution in [0.1, 0.15) is 25.2 Å². The minimum atomic E-state index is -1.16. The van der Waals surface area contributed by atoms with E-state index < -0.39 is 5.60 Å². The highest BCUT2D eigenvalue weighted by Crippen LogP contribution is 2.31. The van der Waals surface area contributed by atoms with Gasteiger partial charge in [-0.2, -0.15) is 0 Å². The van der Waals surface area contributed by atoms with E-state index in [-0.39, 0.29) is 30.5 Å². The second-order valence-corrected chi connectivity index (χ2v) is 6.76. The minimum absolute atomic E-state index is 0. The SMILES string of the molecule is CCNC(=NCC(C)(O)c1ccco1)N(C)Cc1ccc2c(c1)OCCO2.I. The van der Waals surface area contributed by atoms with Crippen LogP contribution in [0.4, 0.5) is 0 Å².